The third-order valence-corrected chi connectivity index (χ3v) is 1.70. The fraction of sp³-hybridized carbons (Fsp3) is 0.778. The lowest BCUT2D eigenvalue weighted by Crippen LogP contribution is -2.42. The van der Waals surface area contributed by atoms with Crippen LogP contribution in [0.15, 0.2) is 0 Å². The van der Waals surface area contributed by atoms with Crippen LogP contribution < -0.4 is 0 Å². The van der Waals surface area contributed by atoms with Crippen LogP contribution in [-0.2, 0) is 14.3 Å². The second-order valence-electron chi connectivity index (χ2n) is 3.44. The maximum atomic E-state index is 11.6. The molecule has 0 rings (SSSR count). The molecule has 6 nitrogen and oxygen atoms in total. The number of carboxylic acid groups (broad SMARTS) is 1. The minimum absolute atomic E-state index is 0.205. The Morgan fingerprint density at radius 1 is 1.27 bits per heavy atom. The quantitative estimate of drug-likeness (QED) is 0.600. The second-order valence-corrected chi connectivity index (χ2v) is 3.44. The highest BCUT2D eigenvalue weighted by molar-refractivity contribution is 5.82. The van der Waals surface area contributed by atoms with Crippen LogP contribution in [0.25, 0.3) is 0 Å². The molecule has 0 aliphatic rings. The van der Waals surface area contributed by atoms with Crippen molar-refractivity contribution < 1.29 is 19.4 Å². The van der Waals surface area contributed by atoms with Crippen molar-refractivity contribution >= 4 is 11.9 Å². The normalized spacial score (nSPS) is 10.4. The SMILES string of the molecule is COCCN(CC(=O)O)C(=O)CN(C)C. The first-order valence-electron chi connectivity index (χ1n) is 4.60. The molecule has 0 aromatic rings. The molecule has 6 heteroatoms. The lowest BCUT2D eigenvalue weighted by molar-refractivity contribution is -0.145. The molecular weight excluding hydrogens is 200 g/mol. The van der Waals surface area contributed by atoms with Gasteiger partial charge in [0.25, 0.3) is 0 Å². The fourth-order valence-corrected chi connectivity index (χ4v) is 1.03. The van der Waals surface area contributed by atoms with Gasteiger partial charge in [0.1, 0.15) is 6.54 Å². The Hall–Kier alpha value is -1.14. The highest BCUT2D eigenvalue weighted by Gasteiger charge is 2.16. The molecule has 88 valence electrons. The molecule has 0 fully saturated rings. The number of likely N-dealkylation sites (N-methyl/N-ethyl adjacent to an activating group) is 1. The van der Waals surface area contributed by atoms with Gasteiger partial charge < -0.3 is 19.6 Å². The molecule has 0 aliphatic heterocycles. The van der Waals surface area contributed by atoms with E-state index in [-0.39, 0.29) is 19.0 Å². The van der Waals surface area contributed by atoms with Gasteiger partial charge in [0, 0.05) is 13.7 Å². The van der Waals surface area contributed by atoms with Crippen LogP contribution in [0.1, 0.15) is 0 Å². The van der Waals surface area contributed by atoms with Gasteiger partial charge in [0.05, 0.1) is 13.2 Å². The molecule has 0 radical (unpaired) electrons. The summed E-state index contributed by atoms with van der Waals surface area (Å²) in [5.41, 5.74) is 0. The summed E-state index contributed by atoms with van der Waals surface area (Å²) in [6, 6.07) is 0. The lowest BCUT2D eigenvalue weighted by Gasteiger charge is -2.22. The summed E-state index contributed by atoms with van der Waals surface area (Å²) in [4.78, 5) is 25.0. The first kappa shape index (κ1) is 13.9. The van der Waals surface area contributed by atoms with E-state index in [2.05, 4.69) is 0 Å². The monoisotopic (exact) mass is 218 g/mol. The number of ether oxygens (including phenoxy) is 1. The van der Waals surface area contributed by atoms with Crippen molar-refractivity contribution in [3.8, 4) is 0 Å². The minimum atomic E-state index is -1.02. The number of carbonyl (C=O) groups is 2. The molecule has 0 aromatic carbocycles. The molecule has 0 aliphatic carbocycles. The van der Waals surface area contributed by atoms with Gasteiger partial charge >= 0.3 is 5.97 Å². The van der Waals surface area contributed by atoms with E-state index in [9.17, 15) is 9.59 Å². The highest BCUT2D eigenvalue weighted by Crippen LogP contribution is 1.92. The molecule has 0 saturated heterocycles. The van der Waals surface area contributed by atoms with Crippen molar-refractivity contribution in [1.29, 1.82) is 0 Å². The molecule has 0 atom stereocenters. The van der Waals surface area contributed by atoms with E-state index in [0.717, 1.165) is 0 Å². The summed E-state index contributed by atoms with van der Waals surface area (Å²) in [6.07, 6.45) is 0. The molecule has 0 bridgehead atoms. The number of carbonyl (C=O) groups excluding carboxylic acids is 1. The minimum Gasteiger partial charge on any atom is -0.480 e. The van der Waals surface area contributed by atoms with Crippen LogP contribution in [0.5, 0.6) is 0 Å². The van der Waals surface area contributed by atoms with Crippen molar-refractivity contribution in [2.45, 2.75) is 0 Å². The third-order valence-electron chi connectivity index (χ3n) is 1.70. The average molecular weight is 218 g/mol. The van der Waals surface area contributed by atoms with E-state index >= 15 is 0 Å². The number of carboxylic acids is 1. The number of methoxy groups -OCH3 is 1. The highest BCUT2D eigenvalue weighted by atomic mass is 16.5. The maximum absolute atomic E-state index is 11.6. The van der Waals surface area contributed by atoms with Gasteiger partial charge in [-0.15, -0.1) is 0 Å². The molecule has 15 heavy (non-hydrogen) atoms. The van der Waals surface area contributed by atoms with E-state index < -0.39 is 5.97 Å². The van der Waals surface area contributed by atoms with Gasteiger partial charge in [-0.25, -0.2) is 0 Å². The Bertz CT molecular complexity index is 218. The van der Waals surface area contributed by atoms with E-state index in [1.165, 1.54) is 12.0 Å². The Morgan fingerprint density at radius 2 is 1.87 bits per heavy atom. The third kappa shape index (κ3) is 6.87. The number of nitrogens with zero attached hydrogens (tertiary/aromatic N) is 2. The van der Waals surface area contributed by atoms with E-state index in [1.54, 1.807) is 19.0 Å². The van der Waals surface area contributed by atoms with Crippen molar-refractivity contribution in [2.24, 2.45) is 0 Å². The molecular formula is C9H18N2O4. The first-order chi connectivity index (χ1) is 6.97. The fourth-order valence-electron chi connectivity index (χ4n) is 1.03. The van der Waals surface area contributed by atoms with E-state index in [1.807, 2.05) is 0 Å². The van der Waals surface area contributed by atoms with Crippen molar-refractivity contribution in [2.75, 3.05) is 47.4 Å². The number of hydrogen-bond acceptors (Lipinski definition) is 4. The first-order valence-corrected chi connectivity index (χ1v) is 4.60. The van der Waals surface area contributed by atoms with Crippen LogP contribution in [0.3, 0.4) is 0 Å². The maximum Gasteiger partial charge on any atom is 0.323 e. The van der Waals surface area contributed by atoms with Gasteiger partial charge in [-0.05, 0) is 14.1 Å². The zero-order valence-electron chi connectivity index (χ0n) is 9.39. The summed E-state index contributed by atoms with van der Waals surface area (Å²) < 4.78 is 4.81. The molecule has 0 heterocycles. The van der Waals surface area contributed by atoms with Crippen LogP contribution in [-0.4, -0.2) is 74.2 Å². The molecule has 0 saturated carbocycles. The predicted molar refractivity (Wildman–Crippen MR) is 54.6 cm³/mol. The number of amides is 1. The predicted octanol–water partition coefficient (Wildman–Crippen LogP) is -0.892. The van der Waals surface area contributed by atoms with Crippen LogP contribution in [0, 0.1) is 0 Å². The van der Waals surface area contributed by atoms with Gasteiger partial charge in [0.15, 0.2) is 0 Å². The Balaban J connectivity index is 4.20. The van der Waals surface area contributed by atoms with Crippen molar-refractivity contribution in [1.82, 2.24) is 9.80 Å². The number of hydrogen-bond donors (Lipinski definition) is 1. The standard InChI is InChI=1S/C9H18N2O4/c1-10(2)6-8(12)11(4-5-15-3)7-9(13)14/h4-7H2,1-3H3,(H,13,14). The van der Waals surface area contributed by atoms with Gasteiger partial charge in [-0.2, -0.15) is 0 Å². The molecule has 1 N–H and O–H groups in total. The zero-order chi connectivity index (χ0) is 11.8. The topological polar surface area (TPSA) is 70.1 Å². The van der Waals surface area contributed by atoms with Crippen LogP contribution >= 0.6 is 0 Å². The summed E-state index contributed by atoms with van der Waals surface area (Å²) >= 11 is 0. The largest absolute Gasteiger partial charge is 0.480 e. The van der Waals surface area contributed by atoms with E-state index in [4.69, 9.17) is 9.84 Å². The Morgan fingerprint density at radius 3 is 2.27 bits per heavy atom. The van der Waals surface area contributed by atoms with Crippen LogP contribution in [0.4, 0.5) is 0 Å². The van der Waals surface area contributed by atoms with Crippen molar-refractivity contribution in [3.63, 3.8) is 0 Å². The van der Waals surface area contributed by atoms with Crippen molar-refractivity contribution in [3.05, 3.63) is 0 Å². The van der Waals surface area contributed by atoms with Crippen LogP contribution in [0.2, 0.25) is 0 Å². The number of rotatable bonds is 7. The molecule has 0 spiro atoms. The summed E-state index contributed by atoms with van der Waals surface area (Å²) in [5, 5.41) is 8.62. The molecule has 0 aromatic heterocycles. The average Bonchev–Trinajstić information content (AvgIpc) is 2.10. The second kappa shape index (κ2) is 7.19. The zero-order valence-corrected chi connectivity index (χ0v) is 9.39. The van der Waals surface area contributed by atoms with Gasteiger partial charge in [0.2, 0.25) is 5.91 Å². The lowest BCUT2D eigenvalue weighted by atomic mass is 10.4. The number of aliphatic carboxylic acids is 1. The van der Waals surface area contributed by atoms with Gasteiger partial charge in [-0.3, -0.25) is 9.59 Å². The summed E-state index contributed by atoms with van der Waals surface area (Å²) in [5.74, 6) is -1.22. The van der Waals surface area contributed by atoms with E-state index in [0.29, 0.717) is 13.2 Å². The molecule has 1 amide bonds. The Labute approximate surface area is 89.4 Å². The molecule has 0 unspecified atom stereocenters. The Kier molecular flexibility index (Phi) is 6.64. The summed E-state index contributed by atoms with van der Waals surface area (Å²) in [7, 11) is 5.02. The summed E-state index contributed by atoms with van der Waals surface area (Å²) in [6.45, 7) is 0.564. The van der Waals surface area contributed by atoms with Gasteiger partial charge in [-0.1, -0.05) is 0 Å². The smallest absolute Gasteiger partial charge is 0.323 e.